The molecule has 2 rings (SSSR count). The van der Waals surface area contributed by atoms with Crippen molar-refractivity contribution < 1.29 is 18.0 Å². The molecule has 1 unspecified atom stereocenters. The molecule has 1 fully saturated rings. The molecule has 0 N–H and O–H groups in total. The Balaban J connectivity index is 2.39. The Kier molecular flexibility index (Phi) is 3.46. The number of terminal acetylenes is 1. The summed E-state index contributed by atoms with van der Waals surface area (Å²) in [4.78, 5) is 13.0. The van der Waals surface area contributed by atoms with Crippen molar-refractivity contribution in [1.29, 1.82) is 0 Å². The number of benzene rings is 1. The van der Waals surface area contributed by atoms with E-state index in [1.165, 1.54) is 11.0 Å². The van der Waals surface area contributed by atoms with Crippen LogP contribution in [0.2, 0.25) is 5.02 Å². The van der Waals surface area contributed by atoms with Gasteiger partial charge < -0.3 is 4.90 Å². The van der Waals surface area contributed by atoms with Crippen LogP contribution >= 0.6 is 11.6 Å². The largest absolute Gasteiger partial charge is 0.416 e. The van der Waals surface area contributed by atoms with Crippen LogP contribution in [0.25, 0.3) is 0 Å². The molecule has 100 valence electrons. The van der Waals surface area contributed by atoms with Crippen LogP contribution in [-0.2, 0) is 11.0 Å². The Hall–Kier alpha value is -1.67. The average molecular weight is 288 g/mol. The van der Waals surface area contributed by atoms with Crippen LogP contribution in [-0.4, -0.2) is 12.5 Å². The van der Waals surface area contributed by atoms with Gasteiger partial charge in [-0.3, -0.25) is 4.79 Å². The Morgan fingerprint density at radius 3 is 2.58 bits per heavy atom. The molecule has 0 radical (unpaired) electrons. The fraction of sp³-hybridized carbons (Fsp3) is 0.308. The summed E-state index contributed by atoms with van der Waals surface area (Å²) in [5, 5.41) is -0.0678. The van der Waals surface area contributed by atoms with E-state index in [2.05, 4.69) is 5.92 Å². The molecule has 1 aromatic rings. The van der Waals surface area contributed by atoms with Crippen LogP contribution in [0.3, 0.4) is 0 Å². The molecule has 1 aliphatic heterocycles. The minimum atomic E-state index is -4.51. The highest BCUT2D eigenvalue weighted by molar-refractivity contribution is 6.31. The molecule has 1 aliphatic rings. The number of carbonyl (C=O) groups is 1. The molecule has 0 aliphatic carbocycles. The minimum Gasteiger partial charge on any atom is -0.311 e. The van der Waals surface area contributed by atoms with Crippen molar-refractivity contribution in [1.82, 2.24) is 0 Å². The fourth-order valence-corrected chi connectivity index (χ4v) is 2.19. The summed E-state index contributed by atoms with van der Waals surface area (Å²) in [7, 11) is 0. The summed E-state index contributed by atoms with van der Waals surface area (Å²) in [6.07, 6.45) is 0.868. The predicted molar refractivity (Wildman–Crippen MR) is 65.7 cm³/mol. The van der Waals surface area contributed by atoms with Crippen molar-refractivity contribution in [3.63, 3.8) is 0 Å². The summed E-state index contributed by atoms with van der Waals surface area (Å²) in [5.74, 6) is 1.87. The van der Waals surface area contributed by atoms with E-state index in [9.17, 15) is 18.0 Å². The zero-order valence-electron chi connectivity index (χ0n) is 9.67. The molecular weight excluding hydrogens is 279 g/mol. The molecule has 1 saturated heterocycles. The lowest BCUT2D eigenvalue weighted by Gasteiger charge is -2.18. The number of nitrogens with zero attached hydrogens (tertiary/aromatic N) is 1. The maximum Gasteiger partial charge on any atom is 0.416 e. The number of rotatable bonds is 1. The van der Waals surface area contributed by atoms with Crippen molar-refractivity contribution in [2.75, 3.05) is 11.4 Å². The van der Waals surface area contributed by atoms with Gasteiger partial charge in [0.2, 0.25) is 5.91 Å². The monoisotopic (exact) mass is 287 g/mol. The zero-order valence-corrected chi connectivity index (χ0v) is 10.4. The number of hydrogen-bond acceptors (Lipinski definition) is 1. The van der Waals surface area contributed by atoms with E-state index < -0.39 is 11.7 Å². The van der Waals surface area contributed by atoms with Gasteiger partial charge in [-0.25, -0.2) is 0 Å². The van der Waals surface area contributed by atoms with E-state index in [1.54, 1.807) is 0 Å². The number of hydrogen-bond donors (Lipinski definition) is 0. The molecule has 19 heavy (non-hydrogen) atoms. The van der Waals surface area contributed by atoms with Crippen LogP contribution in [0.1, 0.15) is 12.0 Å². The summed E-state index contributed by atoms with van der Waals surface area (Å²) >= 11 is 5.67. The summed E-state index contributed by atoms with van der Waals surface area (Å²) in [5.41, 5.74) is -0.755. The smallest absolute Gasteiger partial charge is 0.311 e. The maximum absolute atomic E-state index is 12.7. The molecule has 0 saturated carbocycles. The predicted octanol–water partition coefficient (Wildman–Crippen LogP) is 3.34. The van der Waals surface area contributed by atoms with Gasteiger partial charge in [0.15, 0.2) is 0 Å². The number of anilines is 1. The van der Waals surface area contributed by atoms with Crippen molar-refractivity contribution in [3.8, 4) is 12.3 Å². The topological polar surface area (TPSA) is 20.3 Å². The number of halogens is 4. The summed E-state index contributed by atoms with van der Waals surface area (Å²) < 4.78 is 38.0. The second kappa shape index (κ2) is 4.78. The Morgan fingerprint density at radius 2 is 2.05 bits per heavy atom. The van der Waals surface area contributed by atoms with E-state index in [0.29, 0.717) is 0 Å². The molecule has 1 atom stereocenters. The number of carbonyl (C=O) groups excluding carboxylic acids is 1. The SMILES string of the molecule is C#CC1CC(=O)N(c2cc(Cl)cc(C(F)(F)F)c2)C1. The molecule has 0 bridgehead atoms. The van der Waals surface area contributed by atoms with Gasteiger partial charge in [0.25, 0.3) is 0 Å². The lowest BCUT2D eigenvalue weighted by atomic mass is 10.1. The van der Waals surface area contributed by atoms with E-state index >= 15 is 0 Å². The third kappa shape index (κ3) is 2.85. The van der Waals surface area contributed by atoms with Gasteiger partial charge >= 0.3 is 6.18 Å². The van der Waals surface area contributed by atoms with Crippen molar-refractivity contribution >= 4 is 23.2 Å². The first-order valence-corrected chi connectivity index (χ1v) is 5.83. The van der Waals surface area contributed by atoms with E-state index in [4.69, 9.17) is 18.0 Å². The average Bonchev–Trinajstić information content (AvgIpc) is 2.68. The first kappa shape index (κ1) is 13.8. The fourth-order valence-electron chi connectivity index (χ4n) is 1.96. The summed E-state index contributed by atoms with van der Waals surface area (Å²) in [6, 6.07) is 3.06. The first-order chi connectivity index (χ1) is 8.81. The van der Waals surface area contributed by atoms with Gasteiger partial charge in [0.1, 0.15) is 0 Å². The van der Waals surface area contributed by atoms with Gasteiger partial charge in [0, 0.05) is 29.6 Å². The second-order valence-corrected chi connectivity index (χ2v) is 4.70. The lowest BCUT2D eigenvalue weighted by Crippen LogP contribution is -2.24. The van der Waals surface area contributed by atoms with Crippen molar-refractivity contribution in [2.45, 2.75) is 12.6 Å². The van der Waals surface area contributed by atoms with Gasteiger partial charge in [-0.1, -0.05) is 11.6 Å². The van der Waals surface area contributed by atoms with E-state index in [1.807, 2.05) is 0 Å². The van der Waals surface area contributed by atoms with Gasteiger partial charge in [-0.2, -0.15) is 13.2 Å². The quantitative estimate of drug-likeness (QED) is 0.726. The number of amides is 1. The molecule has 1 aromatic carbocycles. The molecule has 0 spiro atoms. The molecule has 2 nitrogen and oxygen atoms in total. The van der Waals surface area contributed by atoms with Crippen molar-refractivity contribution in [3.05, 3.63) is 28.8 Å². The van der Waals surface area contributed by atoms with E-state index in [-0.39, 0.29) is 35.5 Å². The maximum atomic E-state index is 12.7. The Morgan fingerprint density at radius 1 is 1.37 bits per heavy atom. The third-order valence-corrected chi connectivity index (χ3v) is 3.10. The molecular formula is C13H9ClF3NO. The molecule has 1 amide bonds. The highest BCUT2D eigenvalue weighted by atomic mass is 35.5. The van der Waals surface area contributed by atoms with Crippen LogP contribution in [0.15, 0.2) is 18.2 Å². The number of alkyl halides is 3. The van der Waals surface area contributed by atoms with Crippen LogP contribution in [0, 0.1) is 18.3 Å². The van der Waals surface area contributed by atoms with Crippen LogP contribution < -0.4 is 4.90 Å². The molecule has 0 aromatic heterocycles. The van der Waals surface area contributed by atoms with Crippen molar-refractivity contribution in [2.24, 2.45) is 5.92 Å². The lowest BCUT2D eigenvalue weighted by molar-refractivity contribution is -0.137. The minimum absolute atomic E-state index is 0.0678. The summed E-state index contributed by atoms with van der Waals surface area (Å²) in [6.45, 7) is 0.215. The molecule has 1 heterocycles. The second-order valence-electron chi connectivity index (χ2n) is 4.27. The normalized spacial score (nSPS) is 19.6. The zero-order chi connectivity index (χ0) is 14.2. The third-order valence-electron chi connectivity index (χ3n) is 2.88. The van der Waals surface area contributed by atoms with Gasteiger partial charge in [-0.05, 0) is 18.2 Å². The Bertz CT molecular complexity index is 562. The van der Waals surface area contributed by atoms with Gasteiger partial charge in [0.05, 0.1) is 5.56 Å². The van der Waals surface area contributed by atoms with Gasteiger partial charge in [-0.15, -0.1) is 12.3 Å². The first-order valence-electron chi connectivity index (χ1n) is 5.45. The Labute approximate surface area is 113 Å². The highest BCUT2D eigenvalue weighted by Crippen LogP contribution is 2.35. The standard InChI is InChI=1S/C13H9ClF3NO/c1-2-8-3-12(19)18(7-8)11-5-9(13(15,16)17)4-10(14)6-11/h1,4-6,8H,3,7H2. The highest BCUT2D eigenvalue weighted by Gasteiger charge is 2.34. The van der Waals surface area contributed by atoms with E-state index in [0.717, 1.165) is 12.1 Å². The molecule has 6 heteroatoms. The van der Waals surface area contributed by atoms with Crippen LogP contribution in [0.5, 0.6) is 0 Å². The van der Waals surface area contributed by atoms with Crippen LogP contribution in [0.4, 0.5) is 18.9 Å².